The minimum Gasteiger partial charge on any atom is -0.497 e. The highest BCUT2D eigenvalue weighted by Gasteiger charge is 2.37. The van der Waals surface area contributed by atoms with E-state index >= 15 is 0 Å². The van der Waals surface area contributed by atoms with Crippen LogP contribution in [0.25, 0.3) is 11.2 Å². The van der Waals surface area contributed by atoms with Crippen LogP contribution >= 0.6 is 19.2 Å². The Bertz CT molecular complexity index is 1590. The maximum absolute atomic E-state index is 11.1. The van der Waals surface area contributed by atoms with Gasteiger partial charge in [-0.3, -0.25) is 4.57 Å². The van der Waals surface area contributed by atoms with Crippen LogP contribution in [-0.4, -0.2) is 49.4 Å². The number of benzene rings is 3. The quantitative estimate of drug-likeness (QED) is 0.0851. The van der Waals surface area contributed by atoms with Crippen molar-refractivity contribution in [2.24, 2.45) is 0 Å². The fraction of sp³-hybridized carbons (Fsp3) is 0.179. The van der Waals surface area contributed by atoms with Gasteiger partial charge in [-0.25, -0.2) is 4.98 Å². The Morgan fingerprint density at radius 1 is 0.925 bits per heavy atom. The van der Waals surface area contributed by atoms with Crippen molar-refractivity contribution in [3.8, 4) is 5.75 Å². The summed E-state index contributed by atoms with van der Waals surface area (Å²) in [5.41, 5.74) is 2.76. The molecule has 0 saturated carbocycles. The number of nitrogens with zero attached hydrogens (tertiary/aromatic N) is 4. The Labute approximate surface area is 235 Å². The van der Waals surface area contributed by atoms with E-state index < -0.39 is 19.5 Å². The smallest absolute Gasteiger partial charge is 0.350 e. The third-order valence-corrected chi connectivity index (χ3v) is 7.18. The van der Waals surface area contributed by atoms with Crippen LogP contribution in [0.1, 0.15) is 16.7 Å². The first-order valence-corrected chi connectivity index (χ1v) is 14.5. The molecule has 0 atom stereocenters. The molecule has 0 aliphatic carbocycles. The molecule has 206 valence electrons. The minimum atomic E-state index is -4.26. The average molecular weight is 580 g/mol. The maximum atomic E-state index is 11.1. The van der Waals surface area contributed by atoms with Gasteiger partial charge in [0.05, 0.1) is 20.0 Å². The van der Waals surface area contributed by atoms with Gasteiger partial charge in [0.15, 0.2) is 10.8 Å². The second-order valence-corrected chi connectivity index (χ2v) is 10.9. The first-order chi connectivity index (χ1) is 19.3. The lowest BCUT2D eigenvalue weighted by molar-refractivity contribution is 0.149. The van der Waals surface area contributed by atoms with Gasteiger partial charge in [0, 0.05) is 6.54 Å². The van der Waals surface area contributed by atoms with Crippen LogP contribution in [0.2, 0.25) is 5.15 Å². The molecule has 5 aromatic rings. The van der Waals surface area contributed by atoms with Crippen LogP contribution in [0.4, 0.5) is 5.95 Å². The normalized spacial score (nSPS) is 12.0. The van der Waals surface area contributed by atoms with E-state index in [0.717, 1.165) is 22.4 Å². The molecule has 40 heavy (non-hydrogen) atoms. The van der Waals surface area contributed by atoms with E-state index in [2.05, 4.69) is 15.3 Å². The molecule has 2 aromatic heterocycles. The van der Waals surface area contributed by atoms with E-state index in [4.69, 9.17) is 35.8 Å². The van der Waals surface area contributed by atoms with Crippen LogP contribution in [-0.2, 0) is 21.4 Å². The summed E-state index contributed by atoms with van der Waals surface area (Å²) in [6.45, 7) is 0.301. The minimum absolute atomic E-state index is 0.0464. The van der Waals surface area contributed by atoms with Gasteiger partial charge in [-0.15, -0.1) is 0 Å². The number of nitrogens with one attached hydrogen (secondary N) is 1. The second kappa shape index (κ2) is 11.8. The standard InChI is InChI=1S/C28H27ClN5O5P/c1-38-23-14-12-22(13-15-23)28(20-8-4-2-5-9-20,21-10-6-3-7-11-21)33-27-31-25(29)24-26(32-27)34(18-30-24)16-17-39-19-40(35,36)37/h2-15,18H,16-17,19H2,1H3,(H,31,32,33)(H2,35,36,37). The summed E-state index contributed by atoms with van der Waals surface area (Å²) in [4.78, 5) is 31.8. The highest BCUT2D eigenvalue weighted by Crippen LogP contribution is 2.40. The number of rotatable bonds is 11. The Kier molecular flexibility index (Phi) is 8.16. The fourth-order valence-corrected chi connectivity index (χ4v) is 5.16. The van der Waals surface area contributed by atoms with E-state index in [9.17, 15) is 4.57 Å². The van der Waals surface area contributed by atoms with Crippen LogP contribution in [0, 0.1) is 0 Å². The molecule has 0 bridgehead atoms. The van der Waals surface area contributed by atoms with Crippen molar-refractivity contribution < 1.29 is 23.8 Å². The van der Waals surface area contributed by atoms with E-state index in [1.165, 1.54) is 0 Å². The van der Waals surface area contributed by atoms with Crippen molar-refractivity contribution in [2.75, 3.05) is 25.4 Å². The summed E-state index contributed by atoms with van der Waals surface area (Å²) in [7, 11) is -2.64. The van der Waals surface area contributed by atoms with E-state index in [1.54, 1.807) is 18.0 Å². The number of fused-ring (bicyclic) bond motifs is 1. The largest absolute Gasteiger partial charge is 0.497 e. The SMILES string of the molecule is COc1ccc(C(Nc2nc(Cl)c3ncn(CCOCP(=O)(O)O)c3n2)(c2ccccc2)c2ccccc2)cc1. The zero-order valence-electron chi connectivity index (χ0n) is 21.5. The highest BCUT2D eigenvalue weighted by atomic mass is 35.5. The molecule has 3 aromatic carbocycles. The van der Waals surface area contributed by atoms with Gasteiger partial charge in [-0.2, -0.15) is 9.97 Å². The van der Waals surface area contributed by atoms with Gasteiger partial charge < -0.3 is 29.1 Å². The van der Waals surface area contributed by atoms with E-state index in [1.807, 2.05) is 84.9 Å². The van der Waals surface area contributed by atoms with Crippen molar-refractivity contribution in [2.45, 2.75) is 12.1 Å². The number of imidazole rings is 1. The molecular weight excluding hydrogens is 553 g/mol. The van der Waals surface area contributed by atoms with Crippen molar-refractivity contribution in [1.29, 1.82) is 0 Å². The fourth-order valence-electron chi connectivity index (χ4n) is 4.58. The monoisotopic (exact) mass is 579 g/mol. The lowest BCUT2D eigenvalue weighted by Gasteiger charge is -2.37. The van der Waals surface area contributed by atoms with Gasteiger partial charge in [0.2, 0.25) is 5.95 Å². The first-order valence-electron chi connectivity index (χ1n) is 12.3. The molecule has 0 saturated heterocycles. The third-order valence-electron chi connectivity index (χ3n) is 6.39. The molecule has 0 aliphatic rings. The molecule has 0 radical (unpaired) electrons. The van der Waals surface area contributed by atoms with Gasteiger partial charge in [0.25, 0.3) is 0 Å². The van der Waals surface area contributed by atoms with Crippen LogP contribution < -0.4 is 10.1 Å². The van der Waals surface area contributed by atoms with E-state index in [-0.39, 0.29) is 24.3 Å². The van der Waals surface area contributed by atoms with Gasteiger partial charge in [0.1, 0.15) is 23.2 Å². The lowest BCUT2D eigenvalue weighted by Crippen LogP contribution is -2.38. The van der Waals surface area contributed by atoms with Crippen LogP contribution in [0.3, 0.4) is 0 Å². The van der Waals surface area contributed by atoms with Gasteiger partial charge in [-0.1, -0.05) is 84.4 Å². The van der Waals surface area contributed by atoms with Crippen LogP contribution in [0.5, 0.6) is 5.75 Å². The molecule has 3 N–H and O–H groups in total. The predicted molar refractivity (Wildman–Crippen MR) is 153 cm³/mol. The molecule has 12 heteroatoms. The first kappa shape index (κ1) is 27.8. The Morgan fingerprint density at radius 2 is 1.52 bits per heavy atom. The number of hydrogen-bond acceptors (Lipinski definition) is 7. The molecule has 2 heterocycles. The number of methoxy groups -OCH3 is 1. The molecule has 0 amide bonds. The Hall–Kier alpha value is -3.79. The van der Waals surface area contributed by atoms with Gasteiger partial charge >= 0.3 is 7.60 Å². The summed E-state index contributed by atoms with van der Waals surface area (Å²) in [6, 6.07) is 27.7. The number of anilines is 1. The Morgan fingerprint density at radius 3 is 2.10 bits per heavy atom. The van der Waals surface area contributed by atoms with Crippen molar-refractivity contribution in [3.05, 3.63) is 113 Å². The third kappa shape index (κ3) is 5.86. The topological polar surface area (TPSA) is 132 Å². The number of halogens is 1. The number of aromatic nitrogens is 4. The zero-order valence-corrected chi connectivity index (χ0v) is 23.2. The Balaban J connectivity index is 1.61. The molecule has 0 aliphatic heterocycles. The maximum Gasteiger partial charge on any atom is 0.350 e. The number of hydrogen-bond donors (Lipinski definition) is 3. The average Bonchev–Trinajstić information content (AvgIpc) is 3.38. The van der Waals surface area contributed by atoms with Crippen LogP contribution in [0.15, 0.2) is 91.3 Å². The van der Waals surface area contributed by atoms with E-state index in [0.29, 0.717) is 11.2 Å². The molecule has 0 spiro atoms. The molecule has 0 fully saturated rings. The predicted octanol–water partition coefficient (Wildman–Crippen LogP) is 5.04. The summed E-state index contributed by atoms with van der Waals surface area (Å²) in [5.74, 6) is 0.989. The second-order valence-electron chi connectivity index (χ2n) is 8.99. The summed E-state index contributed by atoms with van der Waals surface area (Å²) in [5, 5.41) is 3.75. The summed E-state index contributed by atoms with van der Waals surface area (Å²) in [6.07, 6.45) is 0.877. The molecule has 0 unspecified atom stereocenters. The van der Waals surface area contributed by atoms with Gasteiger partial charge in [-0.05, 0) is 28.8 Å². The van der Waals surface area contributed by atoms with Crippen molar-refractivity contribution in [1.82, 2.24) is 19.5 Å². The number of ether oxygens (including phenoxy) is 2. The summed E-state index contributed by atoms with van der Waals surface area (Å²) < 4.78 is 23.4. The molecule has 5 rings (SSSR count). The summed E-state index contributed by atoms with van der Waals surface area (Å²) >= 11 is 6.59. The molecule has 10 nitrogen and oxygen atoms in total. The van der Waals surface area contributed by atoms with Crippen molar-refractivity contribution >= 4 is 36.3 Å². The van der Waals surface area contributed by atoms with Crippen molar-refractivity contribution in [3.63, 3.8) is 0 Å². The highest BCUT2D eigenvalue weighted by molar-refractivity contribution is 7.51. The lowest BCUT2D eigenvalue weighted by atomic mass is 9.77. The zero-order chi connectivity index (χ0) is 28.2. The molecular formula is C28H27ClN5O5P.